The van der Waals surface area contributed by atoms with E-state index in [1.807, 2.05) is 18.2 Å². The standard InChI is InChI=1S/C8H11N.C2HF6NO4S2/c9-7-6-8-4-2-1-3-5-8;3-1(4,5)14(10,11)9-15(12,13)2(6,7)8/h1-5H,6-7,9H2;9H. The minimum absolute atomic E-state index is 0.493. The number of hydrogen-bond donors (Lipinski definition) is 2. The average Bonchev–Trinajstić information content (AvgIpc) is 2.37. The summed E-state index contributed by atoms with van der Waals surface area (Å²) in [7, 11) is -13.2. The maximum atomic E-state index is 11.5. The molecule has 1 rings (SSSR count). The molecule has 0 spiro atoms. The van der Waals surface area contributed by atoms with Crippen molar-refractivity contribution in [3.63, 3.8) is 0 Å². The van der Waals surface area contributed by atoms with Gasteiger partial charge in [0.05, 0.1) is 0 Å². The summed E-state index contributed by atoms with van der Waals surface area (Å²) < 4.78 is 108. The average molecular weight is 402 g/mol. The van der Waals surface area contributed by atoms with Crippen molar-refractivity contribution in [2.75, 3.05) is 6.54 Å². The third kappa shape index (κ3) is 7.02. The van der Waals surface area contributed by atoms with Crippen LogP contribution in [0.3, 0.4) is 0 Å². The van der Waals surface area contributed by atoms with Crippen LogP contribution in [-0.2, 0) is 26.5 Å². The topological polar surface area (TPSA) is 106 Å². The fourth-order valence-corrected chi connectivity index (χ4v) is 2.96. The molecule has 24 heavy (non-hydrogen) atoms. The van der Waals surface area contributed by atoms with Crippen LogP contribution in [-0.4, -0.2) is 34.4 Å². The second-order valence-corrected chi connectivity index (χ2v) is 7.61. The van der Waals surface area contributed by atoms with E-state index < -0.39 is 35.2 Å². The molecule has 1 aromatic rings. The first kappa shape index (κ1) is 22.6. The summed E-state index contributed by atoms with van der Waals surface area (Å²) >= 11 is 0. The van der Waals surface area contributed by atoms with Crippen molar-refractivity contribution in [1.29, 1.82) is 0 Å². The van der Waals surface area contributed by atoms with E-state index in [1.165, 1.54) is 5.56 Å². The maximum Gasteiger partial charge on any atom is 0.512 e. The zero-order valence-corrected chi connectivity index (χ0v) is 13.2. The molecule has 0 saturated heterocycles. The van der Waals surface area contributed by atoms with Crippen molar-refractivity contribution in [2.24, 2.45) is 5.73 Å². The lowest BCUT2D eigenvalue weighted by Gasteiger charge is -2.11. The molecule has 0 heterocycles. The van der Waals surface area contributed by atoms with Gasteiger partial charge in [0.15, 0.2) is 0 Å². The highest BCUT2D eigenvalue weighted by atomic mass is 32.3. The number of alkyl halides is 6. The number of nitrogens with two attached hydrogens (primary N) is 1. The Morgan fingerprint density at radius 3 is 1.50 bits per heavy atom. The predicted octanol–water partition coefficient (Wildman–Crippen LogP) is 1.46. The lowest BCUT2D eigenvalue weighted by molar-refractivity contribution is -0.0476. The van der Waals surface area contributed by atoms with Gasteiger partial charge in [0.2, 0.25) is 0 Å². The van der Waals surface area contributed by atoms with Gasteiger partial charge in [-0.15, -0.1) is 0 Å². The van der Waals surface area contributed by atoms with Gasteiger partial charge >= 0.3 is 31.1 Å². The van der Waals surface area contributed by atoms with Gasteiger partial charge in [-0.05, 0) is 18.5 Å². The van der Waals surface area contributed by atoms with Crippen LogP contribution < -0.4 is 9.86 Å². The fourth-order valence-electron chi connectivity index (χ4n) is 1.05. The summed E-state index contributed by atoms with van der Waals surface area (Å²) in [6.07, 6.45) is 0.987. The van der Waals surface area contributed by atoms with Crippen LogP contribution >= 0.6 is 0 Å². The number of sulfonamides is 2. The van der Waals surface area contributed by atoms with Crippen LogP contribution in [0.1, 0.15) is 5.56 Å². The highest BCUT2D eigenvalue weighted by Gasteiger charge is 2.55. The molecule has 3 N–H and O–H groups in total. The largest absolute Gasteiger partial charge is 0.512 e. The third-order valence-electron chi connectivity index (χ3n) is 2.10. The van der Waals surface area contributed by atoms with Gasteiger partial charge in [-0.25, -0.2) is 16.8 Å². The Hall–Kier alpha value is -1.38. The fraction of sp³-hybridized carbons (Fsp3) is 0.400. The van der Waals surface area contributed by atoms with E-state index in [9.17, 15) is 43.2 Å². The van der Waals surface area contributed by atoms with Crippen LogP contribution in [0, 0.1) is 0 Å². The molecule has 0 aliphatic carbocycles. The van der Waals surface area contributed by atoms with Gasteiger partial charge in [0, 0.05) is 0 Å². The van der Waals surface area contributed by atoms with Crippen LogP contribution in [0.25, 0.3) is 0 Å². The Labute approximate surface area is 133 Å². The number of nitrogens with one attached hydrogen (secondary N) is 1. The van der Waals surface area contributed by atoms with Crippen molar-refractivity contribution in [3.8, 4) is 0 Å². The number of halogens is 6. The van der Waals surface area contributed by atoms with Gasteiger partial charge < -0.3 is 5.73 Å². The Kier molecular flexibility index (Phi) is 7.67. The van der Waals surface area contributed by atoms with Crippen LogP contribution in [0.5, 0.6) is 0 Å². The van der Waals surface area contributed by atoms with Crippen LogP contribution in [0.4, 0.5) is 26.3 Å². The van der Waals surface area contributed by atoms with Crippen molar-refractivity contribution in [1.82, 2.24) is 4.13 Å². The summed E-state index contributed by atoms with van der Waals surface area (Å²) in [5.41, 5.74) is -5.62. The lowest BCUT2D eigenvalue weighted by atomic mass is 10.2. The Morgan fingerprint density at radius 2 is 1.21 bits per heavy atom. The highest BCUT2D eigenvalue weighted by molar-refractivity contribution is 8.05. The zero-order valence-electron chi connectivity index (χ0n) is 11.6. The summed E-state index contributed by atoms with van der Waals surface area (Å²) in [5.74, 6) is 0. The lowest BCUT2D eigenvalue weighted by Crippen LogP contribution is -2.45. The Bertz CT molecular complexity index is 672. The molecule has 0 bridgehead atoms. The second kappa shape index (κ2) is 8.13. The summed E-state index contributed by atoms with van der Waals surface area (Å²) in [6, 6.07) is 10.3. The van der Waals surface area contributed by atoms with E-state index in [4.69, 9.17) is 5.73 Å². The van der Waals surface area contributed by atoms with Gasteiger partial charge in [0.1, 0.15) is 0 Å². The third-order valence-corrected chi connectivity index (χ3v) is 5.08. The molecule has 14 heteroatoms. The molecular formula is C10H12F6N2O4S2. The smallest absolute Gasteiger partial charge is 0.330 e. The first-order valence-electron chi connectivity index (χ1n) is 5.79. The first-order valence-corrected chi connectivity index (χ1v) is 8.76. The van der Waals surface area contributed by atoms with Crippen LogP contribution in [0.15, 0.2) is 30.3 Å². The van der Waals surface area contributed by atoms with E-state index in [0.717, 1.165) is 13.0 Å². The van der Waals surface area contributed by atoms with E-state index in [2.05, 4.69) is 12.1 Å². The molecule has 0 radical (unpaired) electrons. The maximum absolute atomic E-state index is 11.5. The molecule has 0 unspecified atom stereocenters. The van der Waals surface area contributed by atoms with E-state index in [1.54, 1.807) is 0 Å². The molecule has 0 aliphatic rings. The molecule has 1 aromatic carbocycles. The van der Waals surface area contributed by atoms with Gasteiger partial charge in [-0.2, -0.15) is 26.3 Å². The molecule has 0 atom stereocenters. The Balaban J connectivity index is 0.000000496. The molecular weight excluding hydrogens is 390 g/mol. The number of rotatable bonds is 4. The molecule has 140 valence electrons. The van der Waals surface area contributed by atoms with E-state index >= 15 is 0 Å². The number of benzene rings is 1. The minimum atomic E-state index is -6.60. The first-order chi connectivity index (χ1) is 10.6. The van der Waals surface area contributed by atoms with Gasteiger partial charge in [0.25, 0.3) is 0 Å². The molecule has 0 aliphatic heterocycles. The highest BCUT2D eigenvalue weighted by Crippen LogP contribution is 2.27. The molecule has 0 amide bonds. The Morgan fingerprint density at radius 1 is 0.833 bits per heavy atom. The van der Waals surface area contributed by atoms with Crippen molar-refractivity contribution >= 4 is 20.0 Å². The molecule has 0 saturated carbocycles. The summed E-state index contributed by atoms with van der Waals surface area (Å²) in [6.45, 7) is 0.740. The monoisotopic (exact) mass is 402 g/mol. The van der Waals surface area contributed by atoms with Crippen LogP contribution in [0.2, 0.25) is 0 Å². The van der Waals surface area contributed by atoms with Crippen molar-refractivity contribution in [2.45, 2.75) is 17.4 Å². The predicted molar refractivity (Wildman–Crippen MR) is 72.3 cm³/mol. The summed E-state index contributed by atoms with van der Waals surface area (Å²) in [5, 5.41) is 0. The zero-order chi connectivity index (χ0) is 19.2. The molecule has 0 fully saturated rings. The minimum Gasteiger partial charge on any atom is -0.330 e. The van der Waals surface area contributed by atoms with Crippen molar-refractivity contribution in [3.05, 3.63) is 35.9 Å². The van der Waals surface area contributed by atoms with Gasteiger partial charge in [-0.3, -0.25) is 0 Å². The molecule has 0 aromatic heterocycles. The van der Waals surface area contributed by atoms with E-state index in [0.29, 0.717) is 0 Å². The number of hydrogen-bond acceptors (Lipinski definition) is 5. The van der Waals surface area contributed by atoms with E-state index in [-0.39, 0.29) is 0 Å². The SMILES string of the molecule is NCCc1ccccc1.O=S(=O)(NS(=O)(=O)C(F)(F)F)C(F)(F)F. The summed E-state index contributed by atoms with van der Waals surface area (Å²) in [4.78, 5) is 0. The second-order valence-electron chi connectivity index (χ2n) is 4.01. The van der Waals surface area contributed by atoms with Gasteiger partial charge in [-0.1, -0.05) is 34.5 Å². The quantitative estimate of drug-likeness (QED) is 0.742. The normalized spacial score (nSPS) is 13.1. The van der Waals surface area contributed by atoms with Crippen molar-refractivity contribution < 1.29 is 43.2 Å². The molecule has 6 nitrogen and oxygen atoms in total.